The average molecular weight is 562 g/mol. The third-order valence-electron chi connectivity index (χ3n) is 7.97. The molecule has 3 aromatic heterocycles. The maximum atomic E-state index is 13.2. The standard InChI is InChI=1S/C26H30F3N7O2S/c1-17-15-18-5-11-34-12-7-22(32-34)39-33-24(37)19-3-4-20(30-23(19)35(17)16-18)36-13-6-21(31-36)38-14-2-8-25(9-10-25)26(27,28)29/h3-4,6-7,12-13,17-18H,2,5,8-11,14-16H2,1H3,(H,33,37). The van der Waals surface area contributed by atoms with Crippen molar-refractivity contribution in [1.82, 2.24) is 29.3 Å². The van der Waals surface area contributed by atoms with E-state index in [4.69, 9.17) is 9.72 Å². The minimum atomic E-state index is -4.15. The maximum absolute atomic E-state index is 13.2. The van der Waals surface area contributed by atoms with Crippen LogP contribution in [0.15, 0.2) is 41.7 Å². The number of aryl methyl sites for hydroxylation is 1. The van der Waals surface area contributed by atoms with Crippen molar-refractivity contribution in [3.8, 4) is 11.7 Å². The van der Waals surface area contributed by atoms with Gasteiger partial charge in [0.1, 0.15) is 10.8 Å². The molecule has 3 aromatic rings. The fraction of sp³-hybridized carbons (Fsp3) is 0.538. The van der Waals surface area contributed by atoms with E-state index in [1.165, 1.54) is 11.9 Å². The molecular weight excluding hydrogens is 531 g/mol. The summed E-state index contributed by atoms with van der Waals surface area (Å²) in [6.45, 7) is 3.90. The Kier molecular flexibility index (Phi) is 6.72. The Balaban J connectivity index is 1.18. The van der Waals surface area contributed by atoms with Crippen molar-refractivity contribution in [3.63, 3.8) is 0 Å². The van der Waals surface area contributed by atoms with Gasteiger partial charge in [-0.1, -0.05) is 0 Å². The molecule has 6 rings (SSSR count). The molecule has 13 heteroatoms. The van der Waals surface area contributed by atoms with Crippen molar-refractivity contribution in [1.29, 1.82) is 0 Å². The number of fused-ring (bicyclic) bond motifs is 6. The Bertz CT molecular complexity index is 1350. The lowest BCUT2D eigenvalue weighted by Gasteiger charge is -2.25. The number of hydrogen-bond acceptors (Lipinski definition) is 7. The van der Waals surface area contributed by atoms with Crippen LogP contribution in [-0.4, -0.2) is 55.8 Å². The molecule has 0 radical (unpaired) electrons. The number of nitrogens with zero attached hydrogens (tertiary/aromatic N) is 6. The van der Waals surface area contributed by atoms with E-state index in [-0.39, 0.29) is 37.8 Å². The molecule has 208 valence electrons. The van der Waals surface area contributed by atoms with Crippen LogP contribution >= 0.6 is 11.9 Å². The quantitative estimate of drug-likeness (QED) is 0.334. The molecule has 1 saturated carbocycles. The number of carbonyl (C=O) groups is 1. The van der Waals surface area contributed by atoms with E-state index in [1.807, 2.05) is 16.9 Å². The first kappa shape index (κ1) is 26.0. The van der Waals surface area contributed by atoms with Crippen molar-refractivity contribution in [2.24, 2.45) is 11.3 Å². The van der Waals surface area contributed by atoms with Crippen molar-refractivity contribution < 1.29 is 22.7 Å². The number of carbonyl (C=O) groups excluding carboxylic acids is 1. The lowest BCUT2D eigenvalue weighted by molar-refractivity contribution is -0.189. The number of aromatic nitrogens is 5. The zero-order valence-corrected chi connectivity index (χ0v) is 22.3. The summed E-state index contributed by atoms with van der Waals surface area (Å²) >= 11 is 1.18. The molecule has 3 aliphatic rings. The van der Waals surface area contributed by atoms with Crippen LogP contribution in [0.25, 0.3) is 5.82 Å². The molecule has 1 aliphatic carbocycles. The first-order chi connectivity index (χ1) is 18.7. The van der Waals surface area contributed by atoms with E-state index in [2.05, 4.69) is 26.7 Å². The van der Waals surface area contributed by atoms with Gasteiger partial charge in [0.2, 0.25) is 5.88 Å². The van der Waals surface area contributed by atoms with Gasteiger partial charge in [0.05, 0.1) is 17.6 Å². The molecule has 2 unspecified atom stereocenters. The number of rotatable bonds is 6. The van der Waals surface area contributed by atoms with Crippen LogP contribution in [0.2, 0.25) is 0 Å². The summed E-state index contributed by atoms with van der Waals surface area (Å²) in [6.07, 6.45) is 2.24. The smallest absolute Gasteiger partial charge is 0.394 e. The molecule has 0 spiro atoms. The Morgan fingerprint density at radius 3 is 2.82 bits per heavy atom. The van der Waals surface area contributed by atoms with Crippen molar-refractivity contribution in [2.75, 3.05) is 18.1 Å². The van der Waals surface area contributed by atoms with E-state index < -0.39 is 11.6 Å². The van der Waals surface area contributed by atoms with E-state index in [9.17, 15) is 18.0 Å². The van der Waals surface area contributed by atoms with Gasteiger partial charge in [0.25, 0.3) is 5.91 Å². The molecule has 2 fully saturated rings. The summed E-state index contributed by atoms with van der Waals surface area (Å²) in [4.78, 5) is 20.2. The summed E-state index contributed by atoms with van der Waals surface area (Å²) < 4.78 is 51.4. The number of nitrogens with one attached hydrogen (secondary N) is 1. The summed E-state index contributed by atoms with van der Waals surface area (Å²) in [5.74, 6) is 1.63. The molecule has 2 aliphatic heterocycles. The molecular formula is C26H30F3N7O2S. The molecule has 39 heavy (non-hydrogen) atoms. The van der Waals surface area contributed by atoms with Gasteiger partial charge in [-0.15, -0.1) is 5.10 Å². The minimum absolute atomic E-state index is 0.0701. The van der Waals surface area contributed by atoms with Gasteiger partial charge in [-0.2, -0.15) is 18.3 Å². The number of halogens is 3. The summed E-state index contributed by atoms with van der Waals surface area (Å²) in [6, 6.07) is 7.24. The van der Waals surface area contributed by atoms with Crippen molar-refractivity contribution in [3.05, 3.63) is 42.2 Å². The van der Waals surface area contributed by atoms with Gasteiger partial charge in [-0.05, 0) is 69.6 Å². The predicted octanol–water partition coefficient (Wildman–Crippen LogP) is 5.02. The van der Waals surface area contributed by atoms with Gasteiger partial charge in [0, 0.05) is 49.5 Å². The number of amides is 1. The molecule has 1 saturated heterocycles. The topological polar surface area (TPSA) is 90.1 Å². The second-order valence-electron chi connectivity index (χ2n) is 10.7. The highest BCUT2D eigenvalue weighted by molar-refractivity contribution is 7.97. The van der Waals surface area contributed by atoms with Crippen molar-refractivity contribution >= 4 is 23.7 Å². The molecule has 4 bridgehead atoms. The fourth-order valence-electron chi connectivity index (χ4n) is 5.52. The van der Waals surface area contributed by atoms with Gasteiger partial charge in [0.15, 0.2) is 5.82 Å². The number of anilines is 1. The van der Waals surface area contributed by atoms with Crippen LogP contribution in [0.1, 0.15) is 55.8 Å². The highest BCUT2D eigenvalue weighted by Gasteiger charge is 2.62. The monoisotopic (exact) mass is 561 g/mol. The number of alkyl halides is 3. The Morgan fingerprint density at radius 1 is 1.18 bits per heavy atom. The first-order valence-corrected chi connectivity index (χ1v) is 14.1. The zero-order chi connectivity index (χ0) is 27.2. The summed E-state index contributed by atoms with van der Waals surface area (Å²) in [5, 5.41) is 9.69. The van der Waals surface area contributed by atoms with E-state index in [0.717, 1.165) is 31.0 Å². The van der Waals surface area contributed by atoms with E-state index >= 15 is 0 Å². The minimum Gasteiger partial charge on any atom is -0.477 e. The largest absolute Gasteiger partial charge is 0.477 e. The van der Waals surface area contributed by atoms with Crippen LogP contribution in [0.4, 0.5) is 19.0 Å². The highest BCUT2D eigenvalue weighted by atomic mass is 32.2. The molecule has 2 atom stereocenters. The summed E-state index contributed by atoms with van der Waals surface area (Å²) in [5.41, 5.74) is -1.05. The Morgan fingerprint density at radius 2 is 2.03 bits per heavy atom. The molecule has 5 heterocycles. The Hall–Kier alpha value is -3.22. The first-order valence-electron chi connectivity index (χ1n) is 13.2. The van der Waals surface area contributed by atoms with Crippen LogP contribution in [0, 0.1) is 11.3 Å². The van der Waals surface area contributed by atoms with Crippen LogP contribution in [0.5, 0.6) is 5.88 Å². The fourth-order valence-corrected chi connectivity index (χ4v) is 6.11. The van der Waals surface area contributed by atoms with E-state index in [1.54, 1.807) is 29.1 Å². The SMILES string of the molecule is CC1CC2CCn3ccc(n3)SNC(=O)c3ccc(-n4ccc(OCCCC5(C(F)(F)F)CC5)n4)nc3N1C2. The maximum Gasteiger partial charge on any atom is 0.394 e. The number of ether oxygens (including phenoxy) is 1. The Labute approximate surface area is 228 Å². The third kappa shape index (κ3) is 5.32. The summed E-state index contributed by atoms with van der Waals surface area (Å²) in [7, 11) is 0. The molecule has 0 aromatic carbocycles. The van der Waals surface area contributed by atoms with Crippen LogP contribution in [-0.2, 0) is 6.54 Å². The molecule has 9 nitrogen and oxygen atoms in total. The lowest BCUT2D eigenvalue weighted by Crippen LogP contribution is -2.31. The van der Waals surface area contributed by atoms with Crippen LogP contribution in [0.3, 0.4) is 0 Å². The molecule has 1 N–H and O–H groups in total. The predicted molar refractivity (Wildman–Crippen MR) is 139 cm³/mol. The lowest BCUT2D eigenvalue weighted by atomic mass is 10.0. The zero-order valence-electron chi connectivity index (χ0n) is 21.5. The van der Waals surface area contributed by atoms with E-state index in [0.29, 0.717) is 35.4 Å². The van der Waals surface area contributed by atoms with Gasteiger partial charge < -0.3 is 9.64 Å². The van der Waals surface area contributed by atoms with Gasteiger partial charge in [-0.3, -0.25) is 14.2 Å². The number of pyridine rings is 1. The second-order valence-corrected chi connectivity index (χ2v) is 11.5. The van der Waals surface area contributed by atoms with Gasteiger partial charge in [-0.25, -0.2) is 9.67 Å². The van der Waals surface area contributed by atoms with Crippen molar-refractivity contribution in [2.45, 2.75) is 69.2 Å². The molecule has 1 amide bonds. The normalized spacial score (nSPS) is 22.4. The van der Waals surface area contributed by atoms with Gasteiger partial charge >= 0.3 is 6.18 Å². The number of hydrogen-bond donors (Lipinski definition) is 1. The average Bonchev–Trinajstić information content (AvgIpc) is 3.22. The third-order valence-corrected chi connectivity index (χ3v) is 8.69. The highest BCUT2D eigenvalue weighted by Crippen LogP contribution is 2.60. The van der Waals surface area contributed by atoms with Crippen LogP contribution < -0.4 is 14.4 Å². The second kappa shape index (κ2) is 10.1.